The Morgan fingerprint density at radius 3 is 2.27 bits per heavy atom. The third-order valence-corrected chi connectivity index (χ3v) is 2.89. The van der Waals surface area contributed by atoms with Crippen LogP contribution in [0.3, 0.4) is 0 Å². The summed E-state index contributed by atoms with van der Waals surface area (Å²) in [6.45, 7) is 4.67. The maximum Gasteiger partial charge on any atom is -0.000473 e. The Morgan fingerprint density at radius 1 is 1.09 bits per heavy atom. The molecule has 1 unspecified atom stereocenters. The van der Waals surface area contributed by atoms with E-state index in [-0.39, 0.29) is 0 Å². The Morgan fingerprint density at radius 2 is 1.73 bits per heavy atom. The number of hydrogen-bond donors (Lipinski definition) is 0. The average molecular weight is 268 g/mol. The molecule has 0 radical (unpaired) electrons. The molecule has 0 aromatic heterocycles. The van der Waals surface area contributed by atoms with Gasteiger partial charge in [-0.1, -0.05) is 68.5 Å². The number of unbranched alkanes of at least 4 members (excludes halogenated alkanes) is 2. The van der Waals surface area contributed by atoms with E-state index >= 15 is 0 Å². The molecule has 0 saturated carbocycles. The first-order chi connectivity index (χ1) is 5.31. The first-order valence-electron chi connectivity index (χ1n) is 4.87. The summed E-state index contributed by atoms with van der Waals surface area (Å²) in [6.07, 6.45) is 8.52. The minimum Gasteiger partial charge on any atom is -0.0864 e. The second-order valence-corrected chi connectivity index (χ2v) is 4.51. The molecule has 0 aromatic rings. The minimum atomic E-state index is 0.970. The summed E-state index contributed by atoms with van der Waals surface area (Å²) in [5.41, 5.74) is 0. The Bertz CT molecular complexity index is 71.3. The average Bonchev–Trinajstić information content (AvgIpc) is 2.01. The molecule has 0 N–H and O–H groups in total. The van der Waals surface area contributed by atoms with Crippen LogP contribution in [0.5, 0.6) is 0 Å². The van der Waals surface area contributed by atoms with Crippen LogP contribution in [-0.2, 0) is 0 Å². The van der Waals surface area contributed by atoms with E-state index in [1.807, 2.05) is 0 Å². The Hall–Kier alpha value is 0.730. The van der Waals surface area contributed by atoms with Crippen LogP contribution in [0.15, 0.2) is 0 Å². The lowest BCUT2D eigenvalue weighted by molar-refractivity contribution is 0.456. The fraction of sp³-hybridized carbons (Fsp3) is 1.00. The molecule has 0 aliphatic carbocycles. The lowest BCUT2D eigenvalue weighted by Crippen LogP contribution is -1.94. The quantitative estimate of drug-likeness (QED) is 0.364. The number of rotatable bonds is 7. The summed E-state index contributed by atoms with van der Waals surface area (Å²) in [4.78, 5) is 0. The van der Waals surface area contributed by atoms with E-state index in [0.29, 0.717) is 0 Å². The topological polar surface area (TPSA) is 0 Å². The summed E-state index contributed by atoms with van der Waals surface area (Å²) in [5.74, 6) is 0.970. The van der Waals surface area contributed by atoms with Gasteiger partial charge in [0.1, 0.15) is 0 Å². The molecule has 0 heterocycles. The molecule has 0 spiro atoms. The summed E-state index contributed by atoms with van der Waals surface area (Å²) < 4.78 is 1.33. The number of alkyl halides is 1. The van der Waals surface area contributed by atoms with Crippen LogP contribution < -0.4 is 0 Å². The smallest absolute Gasteiger partial charge is 0.000473 e. The highest BCUT2D eigenvalue weighted by Gasteiger charge is 1.99. The van der Waals surface area contributed by atoms with Crippen LogP contribution in [-0.4, -0.2) is 4.43 Å². The van der Waals surface area contributed by atoms with Crippen molar-refractivity contribution in [3.8, 4) is 0 Å². The maximum absolute atomic E-state index is 2.46. The van der Waals surface area contributed by atoms with Crippen LogP contribution in [0, 0.1) is 5.92 Å². The van der Waals surface area contributed by atoms with Crippen LogP contribution in [0.1, 0.15) is 52.4 Å². The summed E-state index contributed by atoms with van der Waals surface area (Å²) >= 11 is 2.46. The molecular weight excluding hydrogens is 247 g/mol. The van der Waals surface area contributed by atoms with Gasteiger partial charge >= 0.3 is 0 Å². The lowest BCUT2D eigenvalue weighted by Gasteiger charge is -2.08. The van der Waals surface area contributed by atoms with Crippen molar-refractivity contribution in [2.24, 2.45) is 5.92 Å². The molecule has 1 heteroatoms. The van der Waals surface area contributed by atoms with Crippen molar-refractivity contribution in [3.63, 3.8) is 0 Å². The number of hydrogen-bond acceptors (Lipinski definition) is 0. The largest absolute Gasteiger partial charge is 0.0864 e. The molecule has 0 aromatic carbocycles. The molecule has 0 saturated heterocycles. The Labute approximate surface area is 85.3 Å². The van der Waals surface area contributed by atoms with E-state index in [9.17, 15) is 0 Å². The SMILES string of the molecule is CCCCC(C)CCCCI. The van der Waals surface area contributed by atoms with Gasteiger partial charge in [-0.3, -0.25) is 0 Å². The Kier molecular flexibility index (Phi) is 9.41. The molecule has 0 bridgehead atoms. The predicted octanol–water partition coefficient (Wildman–Crippen LogP) is 4.42. The van der Waals surface area contributed by atoms with Gasteiger partial charge in [-0.05, 0) is 16.8 Å². The summed E-state index contributed by atoms with van der Waals surface area (Å²) in [6, 6.07) is 0. The standard InChI is InChI=1S/C10H21I/c1-3-4-7-10(2)8-5-6-9-11/h10H,3-9H2,1-2H3. The summed E-state index contributed by atoms with van der Waals surface area (Å²) in [7, 11) is 0. The van der Waals surface area contributed by atoms with Gasteiger partial charge in [0, 0.05) is 0 Å². The Balaban J connectivity index is 3.02. The molecule has 0 amide bonds. The molecule has 68 valence electrons. The molecule has 1 atom stereocenters. The number of halogens is 1. The second-order valence-electron chi connectivity index (χ2n) is 3.43. The van der Waals surface area contributed by atoms with Crippen LogP contribution in [0.2, 0.25) is 0 Å². The third kappa shape index (κ3) is 8.64. The molecule has 0 nitrogen and oxygen atoms in total. The van der Waals surface area contributed by atoms with Crippen molar-refractivity contribution in [2.45, 2.75) is 52.4 Å². The van der Waals surface area contributed by atoms with Crippen molar-refractivity contribution in [1.29, 1.82) is 0 Å². The van der Waals surface area contributed by atoms with E-state index in [2.05, 4.69) is 36.4 Å². The van der Waals surface area contributed by atoms with E-state index in [0.717, 1.165) is 5.92 Å². The monoisotopic (exact) mass is 268 g/mol. The molecule has 0 aliphatic heterocycles. The maximum atomic E-state index is 2.46. The van der Waals surface area contributed by atoms with Gasteiger partial charge in [0.15, 0.2) is 0 Å². The lowest BCUT2D eigenvalue weighted by atomic mass is 9.98. The van der Waals surface area contributed by atoms with Gasteiger partial charge in [-0.15, -0.1) is 0 Å². The predicted molar refractivity (Wildman–Crippen MR) is 61.4 cm³/mol. The zero-order chi connectivity index (χ0) is 8.53. The highest BCUT2D eigenvalue weighted by Crippen LogP contribution is 2.15. The van der Waals surface area contributed by atoms with Gasteiger partial charge < -0.3 is 0 Å². The van der Waals surface area contributed by atoms with Crippen LogP contribution in [0.4, 0.5) is 0 Å². The minimum absolute atomic E-state index is 0.970. The van der Waals surface area contributed by atoms with Crippen molar-refractivity contribution >= 4 is 22.6 Å². The van der Waals surface area contributed by atoms with Gasteiger partial charge in [0.05, 0.1) is 0 Å². The fourth-order valence-corrected chi connectivity index (χ4v) is 1.82. The van der Waals surface area contributed by atoms with Crippen molar-refractivity contribution < 1.29 is 0 Å². The highest BCUT2D eigenvalue weighted by atomic mass is 127. The van der Waals surface area contributed by atoms with Gasteiger partial charge in [-0.2, -0.15) is 0 Å². The molecule has 0 fully saturated rings. The van der Waals surface area contributed by atoms with Gasteiger partial charge in [0.25, 0.3) is 0 Å². The van der Waals surface area contributed by atoms with Gasteiger partial charge in [0.2, 0.25) is 0 Å². The normalized spacial score (nSPS) is 13.4. The molecule has 11 heavy (non-hydrogen) atoms. The van der Waals surface area contributed by atoms with E-state index in [1.165, 1.54) is 43.0 Å². The second kappa shape index (κ2) is 8.82. The zero-order valence-electron chi connectivity index (χ0n) is 7.91. The molecule has 0 aliphatic rings. The van der Waals surface area contributed by atoms with Crippen LogP contribution in [0.25, 0.3) is 0 Å². The molecule has 0 rings (SSSR count). The first-order valence-corrected chi connectivity index (χ1v) is 6.39. The van der Waals surface area contributed by atoms with Crippen molar-refractivity contribution in [1.82, 2.24) is 0 Å². The molecular formula is C10H21I. The van der Waals surface area contributed by atoms with E-state index in [1.54, 1.807) is 0 Å². The van der Waals surface area contributed by atoms with Crippen LogP contribution >= 0.6 is 22.6 Å². The highest BCUT2D eigenvalue weighted by molar-refractivity contribution is 14.1. The van der Waals surface area contributed by atoms with Crippen molar-refractivity contribution in [2.75, 3.05) is 4.43 Å². The third-order valence-electron chi connectivity index (χ3n) is 2.13. The van der Waals surface area contributed by atoms with Gasteiger partial charge in [-0.25, -0.2) is 0 Å². The zero-order valence-corrected chi connectivity index (χ0v) is 10.1. The summed E-state index contributed by atoms with van der Waals surface area (Å²) in [5, 5.41) is 0. The fourth-order valence-electron chi connectivity index (χ4n) is 1.28. The first kappa shape index (κ1) is 11.7. The van der Waals surface area contributed by atoms with E-state index in [4.69, 9.17) is 0 Å². The van der Waals surface area contributed by atoms with Crippen molar-refractivity contribution in [3.05, 3.63) is 0 Å². The van der Waals surface area contributed by atoms with E-state index < -0.39 is 0 Å².